The van der Waals surface area contributed by atoms with Crippen LogP contribution >= 0.6 is 0 Å². The highest BCUT2D eigenvalue weighted by Crippen LogP contribution is 2.11. The van der Waals surface area contributed by atoms with E-state index in [4.69, 9.17) is 0 Å². The Labute approximate surface area is 215 Å². The molecule has 34 heavy (non-hydrogen) atoms. The van der Waals surface area contributed by atoms with Gasteiger partial charge in [-0.05, 0) is 61.9 Å². The summed E-state index contributed by atoms with van der Waals surface area (Å²) < 4.78 is 0. The maximum atomic E-state index is 3.91. The average Bonchev–Trinajstić information content (AvgIpc) is 2.81. The molecule has 0 saturated carbocycles. The van der Waals surface area contributed by atoms with Gasteiger partial charge in [-0.3, -0.25) is 0 Å². The van der Waals surface area contributed by atoms with Crippen molar-refractivity contribution in [2.45, 2.75) is 114 Å². The Balaban J connectivity index is -0.000000430. The molecule has 0 aromatic heterocycles. The summed E-state index contributed by atoms with van der Waals surface area (Å²) in [5.74, 6) is 1.70. The zero-order valence-electron chi connectivity index (χ0n) is 24.5. The first kappa shape index (κ1) is 36.6. The molecule has 2 heteroatoms. The fourth-order valence-electron chi connectivity index (χ4n) is 2.12. The number of unbranched alkanes of at least 4 members (excludes halogenated alkanes) is 4. The van der Waals surface area contributed by atoms with E-state index in [1.54, 1.807) is 6.20 Å². The Kier molecular flexibility index (Phi) is 29.4. The number of hydrogen-bond donors (Lipinski definition) is 2. The molecular formula is C32H60N2. The van der Waals surface area contributed by atoms with Crippen LogP contribution in [0.15, 0.2) is 61.5 Å². The van der Waals surface area contributed by atoms with Crippen molar-refractivity contribution in [3.8, 4) is 0 Å². The molecule has 1 aromatic rings. The largest absolute Gasteiger partial charge is 0.386 e. The standard InChI is InChI=1S/C13H18N2.C9H18.C6H14.C4H10/c1-4-12-6-8-13(9-7-12)15-11(3)10-14-5-2;1-4-5-6-7-8-9(2)3;1-5(2)6(3)4;1-3-4-2/h5-9,14-15H,2-4,10H2,1H3;2,4-8H2,1,3H3;5-6H,1-4H3;3-4H2,1-2H3. The van der Waals surface area contributed by atoms with Gasteiger partial charge in [0.05, 0.1) is 6.54 Å². The quantitative estimate of drug-likeness (QED) is 0.220. The van der Waals surface area contributed by atoms with Crippen molar-refractivity contribution in [1.29, 1.82) is 0 Å². The lowest BCUT2D eigenvalue weighted by atomic mass is 10.0. The maximum Gasteiger partial charge on any atom is 0.0539 e. The fraction of sp³-hybridized carbons (Fsp3) is 0.625. The molecule has 2 N–H and O–H groups in total. The van der Waals surface area contributed by atoms with E-state index in [1.165, 1.54) is 56.1 Å². The molecule has 2 nitrogen and oxygen atoms in total. The summed E-state index contributed by atoms with van der Waals surface area (Å²) in [5.41, 5.74) is 4.67. The lowest BCUT2D eigenvalue weighted by Gasteiger charge is -2.09. The Morgan fingerprint density at radius 2 is 1.35 bits per heavy atom. The van der Waals surface area contributed by atoms with Gasteiger partial charge in [-0.2, -0.15) is 0 Å². The van der Waals surface area contributed by atoms with E-state index in [2.05, 4.69) is 117 Å². The van der Waals surface area contributed by atoms with E-state index < -0.39 is 0 Å². The first-order valence-corrected chi connectivity index (χ1v) is 13.6. The SMILES string of the molecule is C=C(C)CCCCCC.C=CNCC(=C)Nc1ccc(CC)cc1.CC(C)C(C)C.CCCC. The van der Waals surface area contributed by atoms with E-state index in [0.29, 0.717) is 6.54 Å². The Morgan fingerprint density at radius 3 is 1.71 bits per heavy atom. The second-order valence-corrected chi connectivity index (χ2v) is 9.62. The Hall–Kier alpha value is -1.96. The van der Waals surface area contributed by atoms with Crippen LogP contribution in [0.3, 0.4) is 0 Å². The topological polar surface area (TPSA) is 24.1 Å². The van der Waals surface area contributed by atoms with Crippen LogP contribution in [-0.2, 0) is 6.42 Å². The lowest BCUT2D eigenvalue weighted by molar-refractivity contribution is 0.457. The first-order chi connectivity index (χ1) is 16.1. The van der Waals surface area contributed by atoms with Gasteiger partial charge in [0.2, 0.25) is 0 Å². The molecule has 0 spiro atoms. The van der Waals surface area contributed by atoms with E-state index in [0.717, 1.165) is 29.6 Å². The number of aryl methyl sites for hydroxylation is 1. The molecule has 0 fully saturated rings. The molecule has 0 aliphatic heterocycles. The second-order valence-electron chi connectivity index (χ2n) is 9.62. The minimum Gasteiger partial charge on any atom is -0.386 e. The molecule has 0 radical (unpaired) electrons. The molecule has 0 heterocycles. The van der Waals surface area contributed by atoms with Crippen LogP contribution in [0.1, 0.15) is 113 Å². The molecule has 0 amide bonds. The summed E-state index contributed by atoms with van der Waals surface area (Å²) in [7, 11) is 0. The van der Waals surface area contributed by atoms with E-state index in [1.807, 2.05) is 0 Å². The molecular weight excluding hydrogens is 412 g/mol. The molecule has 1 rings (SSSR count). The normalized spacial score (nSPS) is 9.50. The van der Waals surface area contributed by atoms with Crippen molar-refractivity contribution in [3.05, 3.63) is 67.0 Å². The summed E-state index contributed by atoms with van der Waals surface area (Å²) in [4.78, 5) is 0. The predicted molar refractivity (Wildman–Crippen MR) is 161 cm³/mol. The highest BCUT2D eigenvalue weighted by atomic mass is 14.9. The molecule has 0 aliphatic carbocycles. The van der Waals surface area contributed by atoms with Gasteiger partial charge in [0, 0.05) is 11.4 Å². The van der Waals surface area contributed by atoms with Gasteiger partial charge in [-0.1, -0.05) is 118 Å². The van der Waals surface area contributed by atoms with E-state index >= 15 is 0 Å². The summed E-state index contributed by atoms with van der Waals surface area (Å²) in [6, 6.07) is 8.38. The van der Waals surface area contributed by atoms with Crippen molar-refractivity contribution < 1.29 is 0 Å². The lowest BCUT2D eigenvalue weighted by Crippen LogP contribution is -2.13. The van der Waals surface area contributed by atoms with Crippen LogP contribution in [-0.4, -0.2) is 6.54 Å². The zero-order valence-corrected chi connectivity index (χ0v) is 24.5. The van der Waals surface area contributed by atoms with Crippen molar-refractivity contribution in [2.75, 3.05) is 11.9 Å². The minimum absolute atomic E-state index is 0.693. The third-order valence-corrected chi connectivity index (χ3v) is 5.43. The van der Waals surface area contributed by atoms with Gasteiger partial charge in [0.15, 0.2) is 0 Å². The Bertz CT molecular complexity index is 574. The number of nitrogens with one attached hydrogen (secondary N) is 2. The van der Waals surface area contributed by atoms with Gasteiger partial charge in [0.1, 0.15) is 0 Å². The van der Waals surface area contributed by atoms with Crippen LogP contribution in [0, 0.1) is 11.8 Å². The monoisotopic (exact) mass is 472 g/mol. The molecule has 0 unspecified atom stereocenters. The van der Waals surface area contributed by atoms with Crippen LogP contribution < -0.4 is 10.6 Å². The van der Waals surface area contributed by atoms with Crippen LogP contribution in [0.5, 0.6) is 0 Å². The predicted octanol–water partition coefficient (Wildman–Crippen LogP) is 10.5. The fourth-order valence-corrected chi connectivity index (χ4v) is 2.12. The number of anilines is 1. The van der Waals surface area contributed by atoms with Crippen molar-refractivity contribution >= 4 is 5.69 Å². The highest BCUT2D eigenvalue weighted by molar-refractivity contribution is 5.49. The van der Waals surface area contributed by atoms with Gasteiger partial charge >= 0.3 is 0 Å². The molecule has 198 valence electrons. The average molecular weight is 473 g/mol. The number of benzene rings is 1. The molecule has 0 bridgehead atoms. The minimum atomic E-state index is 0.693. The highest BCUT2D eigenvalue weighted by Gasteiger charge is 1.96. The van der Waals surface area contributed by atoms with Gasteiger partial charge < -0.3 is 10.6 Å². The maximum absolute atomic E-state index is 3.91. The Morgan fingerprint density at radius 1 is 0.824 bits per heavy atom. The number of rotatable bonds is 13. The second kappa shape index (κ2) is 27.3. The first-order valence-electron chi connectivity index (χ1n) is 13.6. The summed E-state index contributed by atoms with van der Waals surface area (Å²) in [5, 5.41) is 6.22. The summed E-state index contributed by atoms with van der Waals surface area (Å²) in [6.07, 6.45) is 12.0. The number of allylic oxidation sites excluding steroid dienone is 1. The van der Waals surface area contributed by atoms with Crippen molar-refractivity contribution in [1.82, 2.24) is 5.32 Å². The van der Waals surface area contributed by atoms with Crippen LogP contribution in [0.2, 0.25) is 0 Å². The van der Waals surface area contributed by atoms with Crippen molar-refractivity contribution in [2.24, 2.45) is 11.8 Å². The van der Waals surface area contributed by atoms with E-state index in [-0.39, 0.29) is 0 Å². The third-order valence-electron chi connectivity index (χ3n) is 5.43. The van der Waals surface area contributed by atoms with E-state index in [9.17, 15) is 0 Å². The number of hydrogen-bond acceptors (Lipinski definition) is 2. The van der Waals surface area contributed by atoms with Gasteiger partial charge in [0.25, 0.3) is 0 Å². The molecule has 0 atom stereocenters. The summed E-state index contributed by atoms with van der Waals surface area (Å²) in [6.45, 7) is 31.8. The summed E-state index contributed by atoms with van der Waals surface area (Å²) >= 11 is 0. The molecule has 1 aromatic carbocycles. The van der Waals surface area contributed by atoms with Gasteiger partial charge in [-0.15, -0.1) is 6.58 Å². The third kappa shape index (κ3) is 30.0. The smallest absolute Gasteiger partial charge is 0.0539 e. The zero-order chi connectivity index (χ0) is 26.8. The van der Waals surface area contributed by atoms with Crippen LogP contribution in [0.25, 0.3) is 0 Å². The van der Waals surface area contributed by atoms with Crippen molar-refractivity contribution in [3.63, 3.8) is 0 Å². The molecule has 0 aliphatic rings. The van der Waals surface area contributed by atoms with Gasteiger partial charge in [-0.25, -0.2) is 0 Å². The van der Waals surface area contributed by atoms with Crippen LogP contribution in [0.4, 0.5) is 5.69 Å². The molecule has 0 saturated heterocycles.